The molecule has 0 unspecified atom stereocenters. The monoisotopic (exact) mass is 304 g/mol. The summed E-state index contributed by atoms with van der Waals surface area (Å²) in [4.78, 5) is 11.7. The van der Waals surface area contributed by atoms with Gasteiger partial charge in [-0.2, -0.15) is 0 Å². The first kappa shape index (κ1) is 16.1. The van der Waals surface area contributed by atoms with Gasteiger partial charge in [-0.1, -0.05) is 29.3 Å². The minimum Gasteiger partial charge on any atom is -0.383 e. The van der Waals surface area contributed by atoms with Gasteiger partial charge < -0.3 is 15.4 Å². The largest absolute Gasteiger partial charge is 0.383 e. The number of urea groups is 1. The summed E-state index contributed by atoms with van der Waals surface area (Å²) >= 11 is 11.9. The lowest BCUT2D eigenvalue weighted by molar-refractivity contribution is 0.193. The van der Waals surface area contributed by atoms with Crippen LogP contribution in [0, 0.1) is 0 Å². The van der Waals surface area contributed by atoms with Crippen molar-refractivity contribution in [1.82, 2.24) is 10.6 Å². The molecule has 1 aromatic rings. The SMILES string of the molecule is COCCNC(=O)NC(C)(C)c1ccc(Cl)c(Cl)c1. The number of rotatable bonds is 5. The summed E-state index contributed by atoms with van der Waals surface area (Å²) in [5, 5.41) is 6.53. The number of carbonyl (C=O) groups excluding carboxylic acids is 1. The highest BCUT2D eigenvalue weighted by Crippen LogP contribution is 2.28. The van der Waals surface area contributed by atoms with Gasteiger partial charge in [0.15, 0.2) is 0 Å². The smallest absolute Gasteiger partial charge is 0.315 e. The summed E-state index contributed by atoms with van der Waals surface area (Å²) in [5.41, 5.74) is 0.328. The number of benzene rings is 1. The Kier molecular flexibility index (Phi) is 5.91. The maximum absolute atomic E-state index is 11.7. The third-order valence-corrected chi connectivity index (χ3v) is 3.40. The molecule has 0 fully saturated rings. The third-order valence-electron chi connectivity index (χ3n) is 2.66. The maximum Gasteiger partial charge on any atom is 0.315 e. The van der Waals surface area contributed by atoms with Gasteiger partial charge in [-0.3, -0.25) is 0 Å². The molecule has 0 spiro atoms. The molecule has 1 aromatic carbocycles. The Morgan fingerprint density at radius 1 is 1.32 bits per heavy atom. The zero-order valence-corrected chi connectivity index (χ0v) is 12.7. The molecule has 0 heterocycles. The number of methoxy groups -OCH3 is 1. The first-order valence-electron chi connectivity index (χ1n) is 5.87. The van der Waals surface area contributed by atoms with Gasteiger partial charge >= 0.3 is 6.03 Å². The van der Waals surface area contributed by atoms with Gasteiger partial charge in [0.2, 0.25) is 0 Å². The van der Waals surface area contributed by atoms with Gasteiger partial charge in [0.1, 0.15) is 0 Å². The lowest BCUT2D eigenvalue weighted by Crippen LogP contribution is -2.47. The minimum absolute atomic E-state index is 0.256. The fourth-order valence-corrected chi connectivity index (χ4v) is 1.85. The van der Waals surface area contributed by atoms with Crippen molar-refractivity contribution < 1.29 is 9.53 Å². The fraction of sp³-hybridized carbons (Fsp3) is 0.462. The molecule has 0 bridgehead atoms. The number of carbonyl (C=O) groups is 1. The Morgan fingerprint density at radius 3 is 2.58 bits per heavy atom. The lowest BCUT2D eigenvalue weighted by atomic mass is 9.94. The molecule has 0 aromatic heterocycles. The number of amides is 2. The molecule has 0 saturated carbocycles. The second kappa shape index (κ2) is 6.98. The van der Waals surface area contributed by atoms with Crippen molar-refractivity contribution in [3.63, 3.8) is 0 Å². The van der Waals surface area contributed by atoms with Crippen LogP contribution in [0.1, 0.15) is 19.4 Å². The minimum atomic E-state index is -0.550. The van der Waals surface area contributed by atoms with E-state index in [4.69, 9.17) is 27.9 Å². The van der Waals surface area contributed by atoms with E-state index in [9.17, 15) is 4.79 Å². The van der Waals surface area contributed by atoms with Crippen LogP contribution in [-0.4, -0.2) is 26.3 Å². The van der Waals surface area contributed by atoms with Crippen molar-refractivity contribution in [3.05, 3.63) is 33.8 Å². The molecule has 2 amide bonds. The highest BCUT2D eigenvalue weighted by Gasteiger charge is 2.23. The summed E-state index contributed by atoms with van der Waals surface area (Å²) in [7, 11) is 1.58. The van der Waals surface area contributed by atoms with E-state index in [0.717, 1.165) is 5.56 Å². The topological polar surface area (TPSA) is 50.4 Å². The van der Waals surface area contributed by atoms with Gasteiger partial charge in [0.05, 0.1) is 22.2 Å². The van der Waals surface area contributed by atoms with Crippen molar-refractivity contribution >= 4 is 29.2 Å². The Bertz CT molecular complexity index is 450. The molecule has 2 N–H and O–H groups in total. The summed E-state index contributed by atoms with van der Waals surface area (Å²) in [5.74, 6) is 0. The highest BCUT2D eigenvalue weighted by molar-refractivity contribution is 6.42. The van der Waals surface area contributed by atoms with E-state index in [1.807, 2.05) is 19.9 Å². The van der Waals surface area contributed by atoms with Gasteiger partial charge in [-0.05, 0) is 31.5 Å². The molecule has 0 aliphatic carbocycles. The number of ether oxygens (including phenoxy) is 1. The standard InChI is InChI=1S/C13H18Cl2N2O2/c1-13(2,17-12(18)16-6-7-19-3)9-4-5-10(14)11(15)8-9/h4-5,8H,6-7H2,1-3H3,(H2,16,17,18). The average Bonchev–Trinajstić information content (AvgIpc) is 2.32. The summed E-state index contributed by atoms with van der Waals surface area (Å²) < 4.78 is 4.86. The van der Waals surface area contributed by atoms with Gasteiger partial charge in [-0.25, -0.2) is 4.79 Å². The first-order valence-corrected chi connectivity index (χ1v) is 6.63. The predicted molar refractivity (Wildman–Crippen MR) is 77.9 cm³/mol. The van der Waals surface area contributed by atoms with Crippen LogP contribution in [0.2, 0.25) is 10.0 Å². The maximum atomic E-state index is 11.7. The number of halogens is 2. The van der Waals surface area contributed by atoms with Crippen LogP contribution in [0.5, 0.6) is 0 Å². The quantitative estimate of drug-likeness (QED) is 0.821. The number of nitrogens with one attached hydrogen (secondary N) is 2. The van der Waals surface area contributed by atoms with Crippen molar-refractivity contribution in [3.8, 4) is 0 Å². The Morgan fingerprint density at radius 2 is 2.00 bits per heavy atom. The predicted octanol–water partition coefficient (Wildman–Crippen LogP) is 3.17. The molecule has 0 aliphatic rings. The summed E-state index contributed by atoms with van der Waals surface area (Å²) in [6.45, 7) is 4.71. The van der Waals surface area contributed by atoms with Crippen LogP contribution in [-0.2, 0) is 10.3 Å². The summed E-state index contributed by atoms with van der Waals surface area (Å²) in [6, 6.07) is 5.04. The average molecular weight is 305 g/mol. The molecule has 0 radical (unpaired) electrons. The van der Waals surface area contributed by atoms with Crippen LogP contribution in [0.3, 0.4) is 0 Å². The Hall–Kier alpha value is -0.970. The van der Waals surface area contributed by atoms with E-state index in [1.165, 1.54) is 0 Å². The van der Waals surface area contributed by atoms with Crippen LogP contribution < -0.4 is 10.6 Å². The van der Waals surface area contributed by atoms with Gasteiger partial charge in [-0.15, -0.1) is 0 Å². The highest BCUT2D eigenvalue weighted by atomic mass is 35.5. The number of hydrogen-bond acceptors (Lipinski definition) is 2. The lowest BCUT2D eigenvalue weighted by Gasteiger charge is -2.27. The van der Waals surface area contributed by atoms with E-state index in [1.54, 1.807) is 19.2 Å². The molecular formula is C13H18Cl2N2O2. The van der Waals surface area contributed by atoms with Crippen molar-refractivity contribution in [1.29, 1.82) is 0 Å². The molecule has 0 aliphatic heterocycles. The molecule has 0 saturated heterocycles. The zero-order chi connectivity index (χ0) is 14.5. The second-order valence-electron chi connectivity index (χ2n) is 4.63. The third kappa shape index (κ3) is 4.90. The van der Waals surface area contributed by atoms with Crippen LogP contribution in [0.4, 0.5) is 4.79 Å². The molecular weight excluding hydrogens is 287 g/mol. The second-order valence-corrected chi connectivity index (χ2v) is 5.44. The van der Waals surface area contributed by atoms with E-state index < -0.39 is 5.54 Å². The Balaban J connectivity index is 2.69. The fourth-order valence-electron chi connectivity index (χ4n) is 1.55. The van der Waals surface area contributed by atoms with Crippen molar-refractivity contribution in [2.45, 2.75) is 19.4 Å². The molecule has 4 nitrogen and oxygen atoms in total. The molecule has 6 heteroatoms. The van der Waals surface area contributed by atoms with E-state index in [0.29, 0.717) is 23.2 Å². The molecule has 106 valence electrons. The first-order chi connectivity index (χ1) is 8.86. The van der Waals surface area contributed by atoms with E-state index in [2.05, 4.69) is 10.6 Å². The van der Waals surface area contributed by atoms with Crippen molar-refractivity contribution in [2.75, 3.05) is 20.3 Å². The van der Waals surface area contributed by atoms with Crippen molar-refractivity contribution in [2.24, 2.45) is 0 Å². The van der Waals surface area contributed by atoms with Gasteiger partial charge in [0.25, 0.3) is 0 Å². The Labute approximate surface area is 123 Å². The van der Waals surface area contributed by atoms with E-state index in [-0.39, 0.29) is 6.03 Å². The molecule has 19 heavy (non-hydrogen) atoms. The van der Waals surface area contributed by atoms with Crippen LogP contribution in [0.25, 0.3) is 0 Å². The van der Waals surface area contributed by atoms with Gasteiger partial charge in [0, 0.05) is 13.7 Å². The van der Waals surface area contributed by atoms with Crippen LogP contribution >= 0.6 is 23.2 Å². The zero-order valence-electron chi connectivity index (χ0n) is 11.2. The normalized spacial score (nSPS) is 11.2. The van der Waals surface area contributed by atoms with Crippen LogP contribution in [0.15, 0.2) is 18.2 Å². The number of hydrogen-bond donors (Lipinski definition) is 2. The molecule has 0 atom stereocenters. The summed E-state index contributed by atoms with van der Waals surface area (Å²) in [6.07, 6.45) is 0. The molecule has 1 rings (SSSR count). The van der Waals surface area contributed by atoms with E-state index >= 15 is 0 Å².